The van der Waals surface area contributed by atoms with Gasteiger partial charge in [-0.1, -0.05) is 34.1 Å². The molecule has 0 saturated carbocycles. The summed E-state index contributed by atoms with van der Waals surface area (Å²) in [6.45, 7) is 0. The van der Waals surface area contributed by atoms with E-state index in [9.17, 15) is 0 Å². The Bertz CT molecular complexity index is 632. The zero-order chi connectivity index (χ0) is 11.7. The minimum Gasteiger partial charge on any atom is -0.234 e. The molecular formula is C11H7BrN4S. The van der Waals surface area contributed by atoms with Crippen molar-refractivity contribution in [3.8, 4) is 22.0 Å². The van der Waals surface area contributed by atoms with Gasteiger partial charge in [-0.2, -0.15) is 15.4 Å². The molecule has 17 heavy (non-hydrogen) atoms. The lowest BCUT2D eigenvalue weighted by molar-refractivity contribution is 0.942. The van der Waals surface area contributed by atoms with E-state index < -0.39 is 0 Å². The standard InChI is InChI=1S/C11H7BrN4S/c12-8-4-2-1-3-7(8)10-6-17-11(14-10)9-5-13-16-15-9/h1-6H,(H,13,15,16). The fraction of sp³-hybridized carbons (Fsp3) is 0. The van der Waals surface area contributed by atoms with Crippen LogP contribution in [0.25, 0.3) is 22.0 Å². The molecule has 1 N–H and O–H groups in total. The maximum absolute atomic E-state index is 4.55. The van der Waals surface area contributed by atoms with Gasteiger partial charge in [0, 0.05) is 15.4 Å². The number of aromatic nitrogens is 4. The number of benzene rings is 1. The van der Waals surface area contributed by atoms with Gasteiger partial charge in [0.15, 0.2) is 0 Å². The van der Waals surface area contributed by atoms with Crippen LogP contribution in [0.5, 0.6) is 0 Å². The van der Waals surface area contributed by atoms with E-state index in [2.05, 4.69) is 36.3 Å². The number of H-pyrrole nitrogens is 1. The molecule has 3 aromatic rings. The van der Waals surface area contributed by atoms with Crippen LogP contribution >= 0.6 is 27.3 Å². The second-order valence-corrected chi connectivity index (χ2v) is 5.09. The monoisotopic (exact) mass is 306 g/mol. The van der Waals surface area contributed by atoms with Crippen molar-refractivity contribution in [2.45, 2.75) is 0 Å². The second-order valence-electron chi connectivity index (χ2n) is 3.37. The Hall–Kier alpha value is -1.53. The Labute approximate surface area is 110 Å². The summed E-state index contributed by atoms with van der Waals surface area (Å²) in [6.07, 6.45) is 1.67. The Morgan fingerprint density at radius 1 is 1.18 bits per heavy atom. The maximum atomic E-state index is 4.55. The van der Waals surface area contributed by atoms with Gasteiger partial charge in [-0.15, -0.1) is 11.3 Å². The molecule has 0 bridgehead atoms. The van der Waals surface area contributed by atoms with Crippen LogP contribution in [-0.4, -0.2) is 20.4 Å². The quantitative estimate of drug-likeness (QED) is 0.790. The third-order valence-corrected chi connectivity index (χ3v) is 3.84. The molecule has 0 radical (unpaired) electrons. The van der Waals surface area contributed by atoms with Crippen LogP contribution in [0.2, 0.25) is 0 Å². The summed E-state index contributed by atoms with van der Waals surface area (Å²) in [4.78, 5) is 4.55. The molecule has 6 heteroatoms. The summed E-state index contributed by atoms with van der Waals surface area (Å²) in [6, 6.07) is 8.02. The predicted molar refractivity (Wildman–Crippen MR) is 70.6 cm³/mol. The predicted octanol–water partition coefficient (Wildman–Crippen LogP) is 3.36. The van der Waals surface area contributed by atoms with E-state index in [1.165, 1.54) is 0 Å². The normalized spacial score (nSPS) is 10.6. The first-order valence-electron chi connectivity index (χ1n) is 4.91. The van der Waals surface area contributed by atoms with Crippen molar-refractivity contribution in [2.24, 2.45) is 0 Å². The summed E-state index contributed by atoms with van der Waals surface area (Å²) in [7, 11) is 0. The van der Waals surface area contributed by atoms with Gasteiger partial charge >= 0.3 is 0 Å². The minimum absolute atomic E-state index is 0.772. The molecule has 1 aromatic carbocycles. The van der Waals surface area contributed by atoms with Gasteiger partial charge in [0.25, 0.3) is 0 Å². The number of halogens is 1. The molecule has 84 valence electrons. The van der Waals surface area contributed by atoms with E-state index >= 15 is 0 Å². The number of rotatable bonds is 2. The topological polar surface area (TPSA) is 54.5 Å². The van der Waals surface area contributed by atoms with Crippen molar-refractivity contribution in [3.05, 3.63) is 40.3 Å². The first-order valence-corrected chi connectivity index (χ1v) is 6.58. The largest absolute Gasteiger partial charge is 0.234 e. The fourth-order valence-corrected chi connectivity index (χ4v) is 2.75. The van der Waals surface area contributed by atoms with Gasteiger partial charge in [0.1, 0.15) is 10.7 Å². The summed E-state index contributed by atoms with van der Waals surface area (Å²) in [5.41, 5.74) is 2.80. The van der Waals surface area contributed by atoms with Gasteiger partial charge in [0.05, 0.1) is 11.9 Å². The lowest BCUT2D eigenvalue weighted by Gasteiger charge is -1.98. The number of thiazole rings is 1. The van der Waals surface area contributed by atoms with E-state index in [-0.39, 0.29) is 0 Å². The van der Waals surface area contributed by atoms with Gasteiger partial charge in [-0.25, -0.2) is 4.98 Å². The number of hydrogen-bond donors (Lipinski definition) is 1. The molecule has 0 spiro atoms. The van der Waals surface area contributed by atoms with Crippen molar-refractivity contribution in [1.82, 2.24) is 20.4 Å². The smallest absolute Gasteiger partial charge is 0.146 e. The van der Waals surface area contributed by atoms with E-state index in [4.69, 9.17) is 0 Å². The Morgan fingerprint density at radius 3 is 2.82 bits per heavy atom. The van der Waals surface area contributed by atoms with Crippen LogP contribution in [0.4, 0.5) is 0 Å². The van der Waals surface area contributed by atoms with Crippen molar-refractivity contribution in [1.29, 1.82) is 0 Å². The third-order valence-electron chi connectivity index (χ3n) is 2.29. The van der Waals surface area contributed by atoms with Crippen LogP contribution < -0.4 is 0 Å². The lowest BCUT2D eigenvalue weighted by atomic mass is 10.2. The van der Waals surface area contributed by atoms with Gasteiger partial charge in [-0.05, 0) is 6.07 Å². The lowest BCUT2D eigenvalue weighted by Crippen LogP contribution is -1.81. The average Bonchev–Trinajstić information content (AvgIpc) is 3.00. The molecule has 0 unspecified atom stereocenters. The van der Waals surface area contributed by atoms with Gasteiger partial charge in [-0.3, -0.25) is 0 Å². The molecule has 0 saturated heterocycles. The Kier molecular flexibility index (Phi) is 2.74. The molecular weight excluding hydrogens is 300 g/mol. The number of nitrogens with one attached hydrogen (secondary N) is 1. The molecule has 2 heterocycles. The Balaban J connectivity index is 2.04. The molecule has 3 rings (SSSR count). The minimum atomic E-state index is 0.772. The highest BCUT2D eigenvalue weighted by Crippen LogP contribution is 2.31. The molecule has 0 atom stereocenters. The van der Waals surface area contributed by atoms with Crippen LogP contribution in [0.1, 0.15) is 0 Å². The van der Waals surface area contributed by atoms with E-state index in [0.717, 1.165) is 26.4 Å². The zero-order valence-corrected chi connectivity index (χ0v) is 11.0. The van der Waals surface area contributed by atoms with Crippen molar-refractivity contribution in [3.63, 3.8) is 0 Å². The molecule has 0 amide bonds. The molecule has 2 aromatic heterocycles. The molecule has 0 aliphatic carbocycles. The van der Waals surface area contributed by atoms with E-state index in [0.29, 0.717) is 0 Å². The first kappa shape index (κ1) is 10.6. The molecule has 0 aliphatic heterocycles. The summed E-state index contributed by atoms with van der Waals surface area (Å²) >= 11 is 5.08. The van der Waals surface area contributed by atoms with Gasteiger partial charge in [0.2, 0.25) is 0 Å². The van der Waals surface area contributed by atoms with Crippen LogP contribution in [0.3, 0.4) is 0 Å². The van der Waals surface area contributed by atoms with Crippen molar-refractivity contribution < 1.29 is 0 Å². The fourth-order valence-electron chi connectivity index (χ4n) is 1.49. The van der Waals surface area contributed by atoms with Gasteiger partial charge < -0.3 is 0 Å². The summed E-state index contributed by atoms with van der Waals surface area (Å²) < 4.78 is 1.04. The summed E-state index contributed by atoms with van der Waals surface area (Å²) in [5.74, 6) is 0. The van der Waals surface area contributed by atoms with Crippen LogP contribution in [0.15, 0.2) is 40.3 Å². The Morgan fingerprint density at radius 2 is 2.06 bits per heavy atom. The second kappa shape index (κ2) is 4.38. The summed E-state index contributed by atoms with van der Waals surface area (Å²) in [5, 5.41) is 13.3. The highest BCUT2D eigenvalue weighted by molar-refractivity contribution is 9.10. The first-order chi connectivity index (χ1) is 8.34. The van der Waals surface area contributed by atoms with Crippen LogP contribution in [-0.2, 0) is 0 Å². The third kappa shape index (κ3) is 2.01. The highest BCUT2D eigenvalue weighted by atomic mass is 79.9. The SMILES string of the molecule is Brc1ccccc1-c1csc(-c2cn[nH]n2)n1. The van der Waals surface area contributed by atoms with E-state index in [1.807, 2.05) is 29.6 Å². The van der Waals surface area contributed by atoms with Crippen molar-refractivity contribution >= 4 is 27.3 Å². The molecule has 4 nitrogen and oxygen atoms in total. The molecule has 0 fully saturated rings. The maximum Gasteiger partial charge on any atom is 0.146 e. The molecule has 0 aliphatic rings. The van der Waals surface area contributed by atoms with E-state index in [1.54, 1.807) is 17.5 Å². The number of aromatic amines is 1. The number of hydrogen-bond acceptors (Lipinski definition) is 4. The number of nitrogens with zero attached hydrogens (tertiary/aromatic N) is 3. The average molecular weight is 307 g/mol. The van der Waals surface area contributed by atoms with Crippen LogP contribution in [0, 0.1) is 0 Å². The highest BCUT2D eigenvalue weighted by Gasteiger charge is 2.10. The van der Waals surface area contributed by atoms with Crippen molar-refractivity contribution in [2.75, 3.05) is 0 Å². The zero-order valence-electron chi connectivity index (χ0n) is 8.59.